The van der Waals surface area contributed by atoms with Crippen molar-refractivity contribution in [1.82, 2.24) is 5.32 Å². The smallest absolute Gasteiger partial charge is 0.306 e. The molecule has 0 saturated heterocycles. The van der Waals surface area contributed by atoms with Gasteiger partial charge in [0, 0.05) is 13.0 Å². The van der Waals surface area contributed by atoms with Crippen LogP contribution in [0.25, 0.3) is 0 Å². The van der Waals surface area contributed by atoms with Gasteiger partial charge in [-0.2, -0.15) is 0 Å². The van der Waals surface area contributed by atoms with Crippen LogP contribution in [0.3, 0.4) is 0 Å². The zero-order chi connectivity index (χ0) is 18.1. The summed E-state index contributed by atoms with van der Waals surface area (Å²) in [5, 5.41) is 4.46. The van der Waals surface area contributed by atoms with E-state index in [0.29, 0.717) is 17.2 Å². The summed E-state index contributed by atoms with van der Waals surface area (Å²) >= 11 is 1.33. The van der Waals surface area contributed by atoms with Crippen LogP contribution in [0.2, 0.25) is 0 Å². The van der Waals surface area contributed by atoms with Crippen LogP contribution in [0.15, 0.2) is 41.8 Å². The number of esters is 1. The number of ether oxygens (including phenoxy) is 2. The number of thiophene rings is 1. The predicted molar refractivity (Wildman–Crippen MR) is 93.7 cm³/mol. The molecule has 0 aliphatic carbocycles. The molecule has 25 heavy (non-hydrogen) atoms. The first-order valence-corrected chi connectivity index (χ1v) is 8.58. The number of amides is 1. The lowest BCUT2D eigenvalue weighted by Gasteiger charge is -2.07. The highest BCUT2D eigenvalue weighted by Gasteiger charge is 2.12. The highest BCUT2D eigenvalue weighted by molar-refractivity contribution is 7.12. The molecule has 132 valence electrons. The number of Topliss-reactive ketones (excluding diaryl/α,β-unsaturated/α-hetero) is 1. The van der Waals surface area contributed by atoms with Gasteiger partial charge in [0.25, 0.3) is 5.91 Å². The molecule has 1 amide bonds. The Bertz CT molecular complexity index is 727. The molecule has 2 rings (SSSR count). The average molecular weight is 361 g/mol. The van der Waals surface area contributed by atoms with Crippen molar-refractivity contribution in [1.29, 1.82) is 0 Å². The molecular formula is C18H19NO5S. The summed E-state index contributed by atoms with van der Waals surface area (Å²) in [4.78, 5) is 35.7. The zero-order valence-corrected chi connectivity index (χ0v) is 14.6. The van der Waals surface area contributed by atoms with Gasteiger partial charge >= 0.3 is 5.97 Å². The quantitative estimate of drug-likeness (QED) is 0.548. The van der Waals surface area contributed by atoms with E-state index in [1.165, 1.54) is 11.3 Å². The van der Waals surface area contributed by atoms with Crippen molar-refractivity contribution in [3.8, 4) is 5.75 Å². The third kappa shape index (κ3) is 6.39. The van der Waals surface area contributed by atoms with E-state index < -0.39 is 11.9 Å². The first-order valence-electron chi connectivity index (χ1n) is 7.70. The van der Waals surface area contributed by atoms with E-state index in [4.69, 9.17) is 9.47 Å². The number of hydrogen-bond acceptors (Lipinski definition) is 6. The minimum atomic E-state index is -0.568. The Kier molecular flexibility index (Phi) is 7.16. The number of nitrogens with one attached hydrogen (secondary N) is 1. The van der Waals surface area contributed by atoms with Crippen LogP contribution in [-0.2, 0) is 20.9 Å². The van der Waals surface area contributed by atoms with Crippen molar-refractivity contribution in [2.75, 3.05) is 13.7 Å². The Balaban J connectivity index is 1.65. The molecule has 2 aromatic rings. The fraction of sp³-hybridized carbons (Fsp3) is 0.278. The van der Waals surface area contributed by atoms with Crippen LogP contribution in [0.4, 0.5) is 0 Å². The molecule has 0 unspecified atom stereocenters. The van der Waals surface area contributed by atoms with E-state index in [0.717, 1.165) is 5.56 Å². The number of carbonyl (C=O) groups excluding carboxylic acids is 3. The lowest BCUT2D eigenvalue weighted by molar-refractivity contribution is -0.148. The minimum Gasteiger partial charge on any atom is -0.497 e. The Labute approximate surface area is 149 Å². The van der Waals surface area contributed by atoms with Gasteiger partial charge in [-0.15, -0.1) is 11.3 Å². The number of carbonyl (C=O) groups is 3. The summed E-state index contributed by atoms with van der Waals surface area (Å²) in [6, 6.07) is 10.8. The molecule has 0 bridgehead atoms. The Morgan fingerprint density at radius 1 is 1.12 bits per heavy atom. The van der Waals surface area contributed by atoms with Crippen molar-refractivity contribution in [2.45, 2.75) is 19.4 Å². The molecule has 0 saturated carbocycles. The highest BCUT2D eigenvalue weighted by atomic mass is 32.1. The van der Waals surface area contributed by atoms with Crippen molar-refractivity contribution >= 4 is 29.0 Å². The molecule has 1 aromatic carbocycles. The van der Waals surface area contributed by atoms with Gasteiger partial charge in [-0.05, 0) is 29.1 Å². The monoisotopic (exact) mass is 361 g/mol. The summed E-state index contributed by atoms with van der Waals surface area (Å²) in [6.45, 7) is -0.0551. The van der Waals surface area contributed by atoms with Gasteiger partial charge < -0.3 is 14.8 Å². The van der Waals surface area contributed by atoms with Gasteiger partial charge in [0.1, 0.15) is 5.75 Å². The highest BCUT2D eigenvalue weighted by Crippen LogP contribution is 2.13. The van der Waals surface area contributed by atoms with Crippen LogP contribution in [0, 0.1) is 0 Å². The molecule has 0 aliphatic rings. The van der Waals surface area contributed by atoms with Crippen LogP contribution >= 0.6 is 11.3 Å². The zero-order valence-electron chi connectivity index (χ0n) is 13.8. The number of rotatable bonds is 9. The summed E-state index contributed by atoms with van der Waals surface area (Å²) in [7, 11) is 1.57. The van der Waals surface area contributed by atoms with Gasteiger partial charge in [0.05, 0.1) is 18.4 Å². The van der Waals surface area contributed by atoms with Crippen molar-refractivity contribution < 1.29 is 23.9 Å². The standard InChI is InChI=1S/C18H19NO5S/c1-23-14-5-2-4-13(10-14)11-19-17(21)12-24-18(22)8-7-15(20)16-6-3-9-25-16/h2-6,9-10H,7-8,11-12H2,1H3,(H,19,21). The molecule has 0 radical (unpaired) electrons. The number of ketones is 1. The predicted octanol–water partition coefficient (Wildman–Crippen LogP) is 2.58. The number of benzene rings is 1. The van der Waals surface area contributed by atoms with Gasteiger partial charge in [-0.25, -0.2) is 0 Å². The fourth-order valence-corrected chi connectivity index (χ4v) is 2.72. The van der Waals surface area contributed by atoms with Gasteiger partial charge in [0.15, 0.2) is 12.4 Å². The second-order valence-electron chi connectivity index (χ2n) is 5.19. The molecule has 7 heteroatoms. The maximum Gasteiger partial charge on any atom is 0.306 e. The lowest BCUT2D eigenvalue weighted by atomic mass is 10.2. The molecule has 0 aliphatic heterocycles. The normalized spacial score (nSPS) is 10.1. The summed E-state index contributed by atoms with van der Waals surface area (Å²) in [5.41, 5.74) is 0.876. The van der Waals surface area contributed by atoms with E-state index in [2.05, 4.69) is 5.32 Å². The summed E-state index contributed by atoms with van der Waals surface area (Å²) in [6.07, 6.45) is 0.0324. The van der Waals surface area contributed by atoms with Crippen LogP contribution in [-0.4, -0.2) is 31.4 Å². The third-order valence-corrected chi connectivity index (χ3v) is 4.25. The first kappa shape index (κ1) is 18.7. The van der Waals surface area contributed by atoms with Crippen LogP contribution in [0.5, 0.6) is 5.75 Å². The molecule has 0 fully saturated rings. The van der Waals surface area contributed by atoms with E-state index in [9.17, 15) is 14.4 Å². The average Bonchev–Trinajstić information content (AvgIpc) is 3.17. The van der Waals surface area contributed by atoms with E-state index >= 15 is 0 Å². The Morgan fingerprint density at radius 2 is 1.96 bits per heavy atom. The molecule has 0 spiro atoms. The maximum atomic E-state index is 11.8. The van der Waals surface area contributed by atoms with Crippen molar-refractivity contribution in [2.24, 2.45) is 0 Å². The van der Waals surface area contributed by atoms with Crippen LogP contribution < -0.4 is 10.1 Å². The van der Waals surface area contributed by atoms with Gasteiger partial charge in [0.2, 0.25) is 0 Å². The molecule has 1 N–H and O–H groups in total. The Morgan fingerprint density at radius 3 is 2.68 bits per heavy atom. The first-order chi connectivity index (χ1) is 12.1. The third-order valence-electron chi connectivity index (χ3n) is 3.34. The van der Waals surface area contributed by atoms with E-state index in [1.54, 1.807) is 24.6 Å². The summed E-state index contributed by atoms with van der Waals surface area (Å²) < 4.78 is 9.99. The number of hydrogen-bond donors (Lipinski definition) is 1. The molecule has 6 nitrogen and oxygen atoms in total. The van der Waals surface area contributed by atoms with Gasteiger partial charge in [-0.1, -0.05) is 18.2 Å². The minimum absolute atomic E-state index is 0.0418. The summed E-state index contributed by atoms with van der Waals surface area (Å²) in [5.74, 6) is -0.370. The SMILES string of the molecule is COc1cccc(CNC(=O)COC(=O)CCC(=O)c2cccs2)c1. The number of methoxy groups -OCH3 is 1. The van der Waals surface area contributed by atoms with Crippen molar-refractivity contribution in [3.05, 3.63) is 52.2 Å². The molecule has 1 aromatic heterocycles. The van der Waals surface area contributed by atoms with Crippen molar-refractivity contribution in [3.63, 3.8) is 0 Å². The Hall–Kier alpha value is -2.67. The second kappa shape index (κ2) is 9.58. The van der Waals surface area contributed by atoms with E-state index in [-0.39, 0.29) is 25.2 Å². The van der Waals surface area contributed by atoms with Crippen LogP contribution in [0.1, 0.15) is 28.1 Å². The topological polar surface area (TPSA) is 81.7 Å². The largest absolute Gasteiger partial charge is 0.497 e. The molecular weight excluding hydrogens is 342 g/mol. The molecule has 0 atom stereocenters. The van der Waals surface area contributed by atoms with Gasteiger partial charge in [-0.3, -0.25) is 14.4 Å². The maximum absolute atomic E-state index is 11.8. The fourth-order valence-electron chi connectivity index (χ4n) is 2.03. The lowest BCUT2D eigenvalue weighted by Crippen LogP contribution is -2.28. The molecule has 1 heterocycles. The van der Waals surface area contributed by atoms with E-state index in [1.807, 2.05) is 24.3 Å². The second-order valence-corrected chi connectivity index (χ2v) is 6.14.